The van der Waals surface area contributed by atoms with Crippen LogP contribution in [0, 0.1) is 0 Å². The molecule has 0 saturated carbocycles. The lowest BCUT2D eigenvalue weighted by atomic mass is 10.2. The molecule has 5 heteroatoms. The maximum absolute atomic E-state index is 11.6. The van der Waals surface area contributed by atoms with Crippen LogP contribution in [-0.2, 0) is 6.42 Å². The normalized spacial score (nSPS) is 10.4. The van der Waals surface area contributed by atoms with Crippen LogP contribution in [0.2, 0.25) is 4.34 Å². The maximum Gasteiger partial charge on any atom is 0.187 e. The van der Waals surface area contributed by atoms with E-state index >= 15 is 0 Å². The quantitative estimate of drug-likeness (QED) is 0.775. The highest BCUT2D eigenvalue weighted by Crippen LogP contribution is 2.22. The van der Waals surface area contributed by atoms with Gasteiger partial charge in [-0.1, -0.05) is 11.6 Å². The fourth-order valence-corrected chi connectivity index (χ4v) is 2.69. The highest BCUT2D eigenvalue weighted by molar-refractivity contribution is 7.16. The van der Waals surface area contributed by atoms with Crippen LogP contribution >= 0.6 is 34.3 Å². The number of ketones is 1. The Morgan fingerprint density at radius 1 is 1.50 bits per heavy atom. The molecule has 2 aromatic heterocycles. The molecule has 0 fully saturated rings. The molecule has 0 aromatic carbocycles. The van der Waals surface area contributed by atoms with Crippen LogP contribution in [0.3, 0.4) is 0 Å². The minimum Gasteiger partial charge on any atom is -0.292 e. The Kier molecular flexibility index (Phi) is 2.96. The lowest BCUT2D eigenvalue weighted by Gasteiger charge is -1.92. The molecule has 2 heterocycles. The first-order valence-corrected chi connectivity index (χ1v) is 6.05. The fraction of sp³-hybridized carbons (Fsp3) is 0.111. The summed E-state index contributed by atoms with van der Waals surface area (Å²) in [6, 6.07) is 3.67. The Morgan fingerprint density at radius 2 is 2.36 bits per heavy atom. The molecular formula is C9H6ClNOS2. The van der Waals surface area contributed by atoms with E-state index in [4.69, 9.17) is 11.6 Å². The molecule has 2 nitrogen and oxygen atoms in total. The van der Waals surface area contributed by atoms with Crippen LogP contribution in [0.1, 0.15) is 15.4 Å². The van der Waals surface area contributed by atoms with Crippen molar-refractivity contribution in [2.45, 2.75) is 6.42 Å². The Hall–Kier alpha value is -0.710. The van der Waals surface area contributed by atoms with Crippen molar-refractivity contribution in [2.75, 3.05) is 0 Å². The van der Waals surface area contributed by atoms with E-state index in [1.54, 1.807) is 17.0 Å². The molecule has 0 amide bonds. The second-order valence-electron chi connectivity index (χ2n) is 2.68. The average Bonchev–Trinajstić information content (AvgIpc) is 2.75. The van der Waals surface area contributed by atoms with Gasteiger partial charge in [0.1, 0.15) is 5.69 Å². The van der Waals surface area contributed by atoms with E-state index in [0.29, 0.717) is 16.5 Å². The third-order valence-corrected chi connectivity index (χ3v) is 3.50. The van der Waals surface area contributed by atoms with Gasteiger partial charge in [-0.25, -0.2) is 4.98 Å². The first-order valence-electron chi connectivity index (χ1n) is 3.91. The first-order chi connectivity index (χ1) is 6.75. The number of Topliss-reactive ketones (excluding diaryl/α,β-unsaturated/α-hetero) is 1. The lowest BCUT2D eigenvalue weighted by Crippen LogP contribution is -2.01. The monoisotopic (exact) mass is 243 g/mol. The molecule has 0 spiro atoms. The Morgan fingerprint density at radius 3 is 2.93 bits per heavy atom. The summed E-state index contributed by atoms with van der Waals surface area (Å²) in [5, 5.41) is 1.76. The van der Waals surface area contributed by atoms with Crippen molar-refractivity contribution in [3.63, 3.8) is 0 Å². The molecular weight excluding hydrogens is 238 g/mol. The lowest BCUT2D eigenvalue weighted by molar-refractivity contribution is 0.0990. The summed E-state index contributed by atoms with van der Waals surface area (Å²) in [5.74, 6) is 0.0461. The second-order valence-corrected chi connectivity index (χ2v) is 5.20. The number of hydrogen-bond acceptors (Lipinski definition) is 4. The predicted octanol–water partition coefficient (Wildman–Crippen LogP) is 3.28. The zero-order valence-corrected chi connectivity index (χ0v) is 9.46. The summed E-state index contributed by atoms with van der Waals surface area (Å²) in [6.07, 6.45) is 0.390. The number of carbonyl (C=O) groups excluding carboxylic acids is 1. The van der Waals surface area contributed by atoms with Gasteiger partial charge in [0.2, 0.25) is 0 Å². The van der Waals surface area contributed by atoms with Crippen LogP contribution in [0.4, 0.5) is 0 Å². The topological polar surface area (TPSA) is 30.0 Å². The van der Waals surface area contributed by atoms with Crippen LogP contribution in [-0.4, -0.2) is 10.8 Å². The Labute approximate surface area is 94.2 Å². The number of thiophene rings is 1. The molecule has 0 N–H and O–H groups in total. The van der Waals surface area contributed by atoms with Gasteiger partial charge in [-0.3, -0.25) is 4.79 Å². The number of hydrogen-bond donors (Lipinski definition) is 0. The Balaban J connectivity index is 2.09. The molecule has 2 aromatic rings. The zero-order valence-electron chi connectivity index (χ0n) is 7.07. The van der Waals surface area contributed by atoms with Gasteiger partial charge in [-0.05, 0) is 12.1 Å². The summed E-state index contributed by atoms with van der Waals surface area (Å²) in [7, 11) is 0. The molecule has 72 valence electrons. The number of halogens is 1. The van der Waals surface area contributed by atoms with E-state index in [0.717, 1.165) is 4.88 Å². The van der Waals surface area contributed by atoms with E-state index in [2.05, 4.69) is 4.98 Å². The number of rotatable bonds is 3. The third kappa shape index (κ3) is 2.20. The summed E-state index contributed by atoms with van der Waals surface area (Å²) < 4.78 is 0.714. The standard InChI is InChI=1S/C9H6ClNOS2/c10-9-2-1-6(14-9)3-8(12)7-4-13-5-11-7/h1-2,4-5H,3H2. The van der Waals surface area contributed by atoms with Crippen molar-refractivity contribution >= 4 is 40.1 Å². The predicted molar refractivity (Wildman–Crippen MR) is 59.5 cm³/mol. The summed E-state index contributed by atoms with van der Waals surface area (Å²) in [6.45, 7) is 0. The molecule has 0 radical (unpaired) electrons. The second kappa shape index (κ2) is 4.21. The van der Waals surface area contributed by atoms with Gasteiger partial charge in [-0.2, -0.15) is 0 Å². The molecule has 0 unspecified atom stereocenters. The SMILES string of the molecule is O=C(Cc1ccc(Cl)s1)c1cscn1. The average molecular weight is 244 g/mol. The summed E-state index contributed by atoms with van der Waals surface area (Å²) in [4.78, 5) is 16.5. The minimum atomic E-state index is 0.0461. The maximum atomic E-state index is 11.6. The van der Waals surface area contributed by atoms with Gasteiger partial charge in [0.25, 0.3) is 0 Å². The number of nitrogens with zero attached hydrogens (tertiary/aromatic N) is 1. The van der Waals surface area contributed by atoms with Crippen LogP contribution in [0.25, 0.3) is 0 Å². The van der Waals surface area contributed by atoms with Crippen LogP contribution < -0.4 is 0 Å². The Bertz CT molecular complexity index is 435. The molecule has 0 atom stereocenters. The van der Waals surface area contributed by atoms with Crippen molar-refractivity contribution in [3.8, 4) is 0 Å². The van der Waals surface area contributed by atoms with Gasteiger partial charge in [-0.15, -0.1) is 22.7 Å². The van der Waals surface area contributed by atoms with Crippen molar-refractivity contribution in [3.05, 3.63) is 37.9 Å². The van der Waals surface area contributed by atoms with Crippen molar-refractivity contribution in [1.82, 2.24) is 4.98 Å². The highest BCUT2D eigenvalue weighted by atomic mass is 35.5. The van der Waals surface area contributed by atoms with Gasteiger partial charge < -0.3 is 0 Å². The van der Waals surface area contributed by atoms with E-state index in [9.17, 15) is 4.79 Å². The smallest absolute Gasteiger partial charge is 0.187 e. The van der Waals surface area contributed by atoms with Crippen LogP contribution in [0.5, 0.6) is 0 Å². The zero-order chi connectivity index (χ0) is 9.97. The molecule has 2 rings (SSSR count). The third-order valence-electron chi connectivity index (χ3n) is 1.68. The molecule has 0 aliphatic carbocycles. The van der Waals surface area contributed by atoms with E-state index in [1.165, 1.54) is 22.7 Å². The van der Waals surface area contributed by atoms with Gasteiger partial charge >= 0.3 is 0 Å². The van der Waals surface area contributed by atoms with E-state index in [-0.39, 0.29) is 5.78 Å². The van der Waals surface area contributed by atoms with Gasteiger partial charge in [0, 0.05) is 16.7 Å². The number of thiazole rings is 1. The molecule has 0 aliphatic heterocycles. The van der Waals surface area contributed by atoms with Gasteiger partial charge in [0.05, 0.1) is 9.85 Å². The fourth-order valence-electron chi connectivity index (χ4n) is 1.05. The first kappa shape index (κ1) is 9.83. The van der Waals surface area contributed by atoms with Crippen LogP contribution in [0.15, 0.2) is 23.0 Å². The molecule has 0 aliphatic rings. The van der Waals surface area contributed by atoms with Crippen molar-refractivity contribution in [2.24, 2.45) is 0 Å². The minimum absolute atomic E-state index is 0.0461. The van der Waals surface area contributed by atoms with E-state index in [1.807, 2.05) is 6.07 Å². The highest BCUT2D eigenvalue weighted by Gasteiger charge is 2.10. The number of carbonyl (C=O) groups is 1. The largest absolute Gasteiger partial charge is 0.292 e. The van der Waals surface area contributed by atoms with Gasteiger partial charge in [0.15, 0.2) is 5.78 Å². The summed E-state index contributed by atoms with van der Waals surface area (Å²) in [5.41, 5.74) is 2.20. The van der Waals surface area contributed by atoms with Crippen molar-refractivity contribution < 1.29 is 4.79 Å². The molecule has 0 saturated heterocycles. The molecule has 14 heavy (non-hydrogen) atoms. The number of aromatic nitrogens is 1. The molecule has 0 bridgehead atoms. The van der Waals surface area contributed by atoms with Crippen molar-refractivity contribution in [1.29, 1.82) is 0 Å². The van der Waals surface area contributed by atoms with E-state index < -0.39 is 0 Å². The summed E-state index contributed by atoms with van der Waals surface area (Å²) >= 11 is 8.63.